The Morgan fingerprint density at radius 1 is 0.853 bits per heavy atom. The van der Waals surface area contributed by atoms with Crippen molar-refractivity contribution in [2.75, 3.05) is 7.11 Å². The van der Waals surface area contributed by atoms with E-state index in [1.165, 1.54) is 0 Å². The van der Waals surface area contributed by atoms with Crippen molar-refractivity contribution < 1.29 is 9.15 Å². The maximum atomic E-state index is 6.07. The van der Waals surface area contributed by atoms with E-state index in [9.17, 15) is 0 Å². The van der Waals surface area contributed by atoms with E-state index in [1.807, 2.05) is 73.3 Å². The summed E-state index contributed by atoms with van der Waals surface area (Å²) in [6, 6.07) is 23.9. The first-order chi connectivity index (χ1) is 16.6. The third kappa shape index (κ3) is 3.13. The van der Waals surface area contributed by atoms with Crippen LogP contribution in [0.3, 0.4) is 0 Å². The molecule has 0 aliphatic heterocycles. The highest BCUT2D eigenvalue weighted by molar-refractivity contribution is 6.10. The van der Waals surface area contributed by atoms with E-state index in [0.29, 0.717) is 17.5 Å². The summed E-state index contributed by atoms with van der Waals surface area (Å²) < 4.78 is 13.4. The molecule has 7 heteroatoms. The third-order valence-corrected chi connectivity index (χ3v) is 6.01. The van der Waals surface area contributed by atoms with Crippen LogP contribution in [0.25, 0.3) is 56.0 Å². The number of pyridine rings is 1. The van der Waals surface area contributed by atoms with Crippen LogP contribution >= 0.6 is 0 Å². The van der Waals surface area contributed by atoms with Gasteiger partial charge in [-0.15, -0.1) is 10.2 Å². The lowest BCUT2D eigenvalue weighted by Crippen LogP contribution is -1.94. The molecule has 0 aliphatic carbocycles. The van der Waals surface area contributed by atoms with E-state index >= 15 is 0 Å². The highest BCUT2D eigenvalue weighted by atomic mass is 16.5. The molecule has 7 nitrogen and oxygen atoms in total. The number of hydrogen-bond acceptors (Lipinski definition) is 6. The number of hydrogen-bond donors (Lipinski definition) is 0. The summed E-state index contributed by atoms with van der Waals surface area (Å²) in [4.78, 5) is 4.91. The number of fused-ring (bicyclic) bond motifs is 2. The lowest BCUT2D eigenvalue weighted by molar-refractivity contribution is 0.414. The number of benzene rings is 3. The van der Waals surface area contributed by atoms with Crippen LogP contribution in [0.1, 0.15) is 5.69 Å². The van der Waals surface area contributed by atoms with Gasteiger partial charge < -0.3 is 9.15 Å². The van der Waals surface area contributed by atoms with E-state index in [1.54, 1.807) is 7.11 Å². The predicted molar refractivity (Wildman–Crippen MR) is 131 cm³/mol. The summed E-state index contributed by atoms with van der Waals surface area (Å²) in [5.74, 6) is 1.53. The molecule has 3 heterocycles. The number of methoxy groups -OCH3 is 1. The van der Waals surface area contributed by atoms with Crippen LogP contribution < -0.4 is 4.74 Å². The molecule has 34 heavy (non-hydrogen) atoms. The Bertz CT molecular complexity index is 1670. The predicted octanol–water partition coefficient (Wildman–Crippen LogP) is 5.82. The van der Waals surface area contributed by atoms with Crippen molar-refractivity contribution in [3.05, 3.63) is 78.5 Å². The molecule has 0 bridgehead atoms. The van der Waals surface area contributed by atoms with Crippen molar-refractivity contribution in [1.29, 1.82) is 0 Å². The Morgan fingerprint density at radius 3 is 2.44 bits per heavy atom. The summed E-state index contributed by atoms with van der Waals surface area (Å²) >= 11 is 0. The number of aromatic nitrogens is 5. The van der Waals surface area contributed by atoms with Gasteiger partial charge in [0.2, 0.25) is 5.89 Å². The number of rotatable bonds is 4. The quantitative estimate of drug-likeness (QED) is 0.339. The average molecular weight is 447 g/mol. The molecule has 6 rings (SSSR count). The van der Waals surface area contributed by atoms with Gasteiger partial charge in [-0.25, -0.2) is 4.98 Å². The molecule has 6 aromatic rings. The van der Waals surface area contributed by atoms with Gasteiger partial charge in [-0.05, 0) is 42.8 Å². The van der Waals surface area contributed by atoms with Crippen molar-refractivity contribution >= 4 is 21.9 Å². The topological polar surface area (TPSA) is 78.9 Å². The number of aryl methyl sites for hydroxylation is 2. The SMILES string of the molecule is COc1ccccc1-c1nnc(-c2ccc3nc4c(c(C)nn4C)c(-c4ccccc4)c3c2)o1. The first-order valence-corrected chi connectivity index (χ1v) is 10.9. The van der Waals surface area contributed by atoms with Crippen LogP contribution in [0.5, 0.6) is 5.75 Å². The molecule has 0 N–H and O–H groups in total. The van der Waals surface area contributed by atoms with Crippen LogP contribution in [0.15, 0.2) is 77.2 Å². The average Bonchev–Trinajstić information content (AvgIpc) is 3.47. The largest absolute Gasteiger partial charge is 0.496 e. The first-order valence-electron chi connectivity index (χ1n) is 10.9. The molecule has 0 amide bonds. The normalized spacial score (nSPS) is 11.4. The molecular formula is C27H21N5O2. The molecule has 0 saturated carbocycles. The van der Waals surface area contributed by atoms with E-state index in [0.717, 1.165) is 49.9 Å². The summed E-state index contributed by atoms with van der Waals surface area (Å²) in [6.45, 7) is 2.02. The number of ether oxygens (including phenoxy) is 1. The molecule has 0 fully saturated rings. The molecule has 3 aromatic heterocycles. The fraction of sp³-hybridized carbons (Fsp3) is 0.111. The molecule has 0 atom stereocenters. The summed E-state index contributed by atoms with van der Waals surface area (Å²) in [7, 11) is 3.55. The molecule has 0 saturated heterocycles. The van der Waals surface area contributed by atoms with Crippen LogP contribution in [-0.4, -0.2) is 32.1 Å². The fourth-order valence-electron chi connectivity index (χ4n) is 4.46. The maximum absolute atomic E-state index is 6.07. The Morgan fingerprint density at radius 2 is 1.62 bits per heavy atom. The molecule has 0 radical (unpaired) electrons. The monoisotopic (exact) mass is 447 g/mol. The second-order valence-corrected chi connectivity index (χ2v) is 8.11. The van der Waals surface area contributed by atoms with Gasteiger partial charge in [0.05, 0.1) is 29.3 Å². The minimum Gasteiger partial charge on any atom is -0.496 e. The van der Waals surface area contributed by atoms with Crippen LogP contribution in [0.4, 0.5) is 0 Å². The van der Waals surface area contributed by atoms with Crippen LogP contribution in [-0.2, 0) is 7.05 Å². The molecule has 166 valence electrons. The van der Waals surface area contributed by atoms with Gasteiger partial charge in [-0.3, -0.25) is 4.68 Å². The molecule has 0 unspecified atom stereocenters. The van der Waals surface area contributed by atoms with Gasteiger partial charge in [0.1, 0.15) is 5.75 Å². The molecule has 3 aromatic carbocycles. The second-order valence-electron chi connectivity index (χ2n) is 8.11. The fourth-order valence-corrected chi connectivity index (χ4v) is 4.46. The second kappa shape index (κ2) is 7.81. The van der Waals surface area contributed by atoms with Gasteiger partial charge in [0.25, 0.3) is 5.89 Å². The number of nitrogens with zero attached hydrogens (tertiary/aromatic N) is 5. The van der Waals surface area contributed by atoms with Crippen molar-refractivity contribution in [2.24, 2.45) is 7.05 Å². The van der Waals surface area contributed by atoms with E-state index in [-0.39, 0.29) is 0 Å². The summed E-state index contributed by atoms with van der Waals surface area (Å²) in [6.07, 6.45) is 0. The zero-order chi connectivity index (χ0) is 23.2. The van der Waals surface area contributed by atoms with Crippen LogP contribution in [0, 0.1) is 6.92 Å². The van der Waals surface area contributed by atoms with E-state index < -0.39 is 0 Å². The highest BCUT2D eigenvalue weighted by Gasteiger charge is 2.19. The first kappa shape index (κ1) is 20.1. The minimum absolute atomic E-state index is 0.410. The van der Waals surface area contributed by atoms with E-state index in [2.05, 4.69) is 33.5 Å². The lowest BCUT2D eigenvalue weighted by Gasteiger charge is -2.10. The molecule has 0 spiro atoms. The Labute approximate surface area is 195 Å². The zero-order valence-corrected chi connectivity index (χ0v) is 19.0. The maximum Gasteiger partial charge on any atom is 0.251 e. The van der Waals surface area contributed by atoms with Gasteiger partial charge >= 0.3 is 0 Å². The number of para-hydroxylation sites is 1. The smallest absolute Gasteiger partial charge is 0.251 e. The van der Waals surface area contributed by atoms with Crippen molar-refractivity contribution in [3.63, 3.8) is 0 Å². The van der Waals surface area contributed by atoms with E-state index in [4.69, 9.17) is 14.1 Å². The summed E-state index contributed by atoms with van der Waals surface area (Å²) in [5.41, 5.74) is 6.44. The Hall–Kier alpha value is -4.52. The van der Waals surface area contributed by atoms with Gasteiger partial charge in [-0.1, -0.05) is 42.5 Å². The standard InChI is InChI=1S/C27H21N5O2/c1-16-23-24(17-9-5-4-6-10-17)20-15-18(13-14-21(20)28-25(23)32(2)31-16)26-29-30-27(34-26)19-11-7-8-12-22(19)33-3/h4-15H,1-3H3. The molecular weight excluding hydrogens is 426 g/mol. The van der Waals surface area contributed by atoms with Crippen molar-refractivity contribution in [2.45, 2.75) is 6.92 Å². The van der Waals surface area contributed by atoms with Gasteiger partial charge in [0, 0.05) is 23.6 Å². The zero-order valence-electron chi connectivity index (χ0n) is 19.0. The Kier molecular flexibility index (Phi) is 4.62. The van der Waals surface area contributed by atoms with Gasteiger partial charge in [0.15, 0.2) is 5.65 Å². The summed E-state index contributed by atoms with van der Waals surface area (Å²) in [5, 5.41) is 15.3. The van der Waals surface area contributed by atoms with Crippen molar-refractivity contribution in [1.82, 2.24) is 25.0 Å². The highest BCUT2D eigenvalue weighted by Crippen LogP contribution is 2.38. The van der Waals surface area contributed by atoms with Gasteiger partial charge in [-0.2, -0.15) is 5.10 Å². The third-order valence-electron chi connectivity index (χ3n) is 6.01. The minimum atomic E-state index is 0.410. The molecule has 0 aliphatic rings. The Balaban J connectivity index is 1.57. The van der Waals surface area contributed by atoms with Crippen molar-refractivity contribution in [3.8, 4) is 39.8 Å². The lowest BCUT2D eigenvalue weighted by atomic mass is 9.96. The van der Waals surface area contributed by atoms with Crippen LogP contribution in [0.2, 0.25) is 0 Å².